The quantitative estimate of drug-likeness (QED) is 0.427. The third-order valence-electron chi connectivity index (χ3n) is 2.34. The number of amides is 2. The smallest absolute Gasteiger partial charge is 0.345 e. The first-order chi connectivity index (χ1) is 8.88. The molecule has 6 heteroatoms. The number of hydrogen-bond donors (Lipinski definition) is 0. The Balaban J connectivity index is 3.14. The molecule has 6 nitrogen and oxygen atoms in total. The Hall–Kier alpha value is -2.26. The van der Waals surface area contributed by atoms with E-state index in [1.165, 1.54) is 9.91 Å². The van der Waals surface area contributed by atoms with Crippen molar-refractivity contribution in [2.24, 2.45) is 4.99 Å². The highest BCUT2D eigenvalue weighted by Gasteiger charge is 2.31. The van der Waals surface area contributed by atoms with E-state index >= 15 is 0 Å². The van der Waals surface area contributed by atoms with Crippen LogP contribution in [0.25, 0.3) is 0 Å². The van der Waals surface area contributed by atoms with Crippen molar-refractivity contribution in [3.05, 3.63) is 24.2 Å². The van der Waals surface area contributed by atoms with Gasteiger partial charge in [0.05, 0.1) is 12.9 Å². The first-order valence-corrected chi connectivity index (χ1v) is 5.72. The van der Waals surface area contributed by atoms with Gasteiger partial charge in [0.1, 0.15) is 0 Å². The predicted molar refractivity (Wildman–Crippen MR) is 75.9 cm³/mol. The maximum absolute atomic E-state index is 12.3. The Bertz CT molecular complexity index is 470. The minimum Gasteiger partial charge on any atom is -0.369 e. The van der Waals surface area contributed by atoms with Gasteiger partial charge in [-0.3, -0.25) is 4.90 Å². The predicted octanol–water partition coefficient (Wildman–Crippen LogP) is 0.779. The van der Waals surface area contributed by atoms with Crippen LogP contribution in [0.15, 0.2) is 29.2 Å². The van der Waals surface area contributed by atoms with Gasteiger partial charge in [0, 0.05) is 40.0 Å². The number of terminal acetylenes is 1. The van der Waals surface area contributed by atoms with Crippen LogP contribution in [0.4, 0.5) is 4.79 Å². The number of rotatable bonds is 4. The van der Waals surface area contributed by atoms with E-state index in [2.05, 4.69) is 17.5 Å². The van der Waals surface area contributed by atoms with Gasteiger partial charge in [-0.1, -0.05) is 12.5 Å². The zero-order valence-corrected chi connectivity index (χ0v) is 11.8. The summed E-state index contributed by atoms with van der Waals surface area (Å²) in [5, 5.41) is 3.09. The van der Waals surface area contributed by atoms with Gasteiger partial charge in [-0.25, -0.2) is 19.8 Å². The fourth-order valence-electron chi connectivity index (χ4n) is 1.53. The van der Waals surface area contributed by atoms with E-state index in [9.17, 15) is 4.79 Å². The van der Waals surface area contributed by atoms with E-state index in [0.29, 0.717) is 11.5 Å². The summed E-state index contributed by atoms with van der Waals surface area (Å²) in [6.07, 6.45) is 8.61. The van der Waals surface area contributed by atoms with Gasteiger partial charge in [-0.05, 0) is 0 Å². The second-order valence-corrected chi connectivity index (χ2v) is 4.43. The number of aliphatic imine (C=N–C) groups is 1. The van der Waals surface area contributed by atoms with E-state index in [-0.39, 0.29) is 12.6 Å². The van der Waals surface area contributed by atoms with E-state index < -0.39 is 0 Å². The van der Waals surface area contributed by atoms with Crippen LogP contribution in [0.1, 0.15) is 0 Å². The normalized spacial score (nSPS) is 16.1. The molecule has 0 radical (unpaired) electrons. The van der Waals surface area contributed by atoms with Crippen LogP contribution >= 0.6 is 0 Å². The van der Waals surface area contributed by atoms with Crippen molar-refractivity contribution in [3.63, 3.8) is 0 Å². The van der Waals surface area contributed by atoms with Crippen molar-refractivity contribution in [3.8, 4) is 12.3 Å². The number of hydrogen-bond acceptors (Lipinski definition) is 3. The SMILES string of the molecule is C#CCN1C(=C)C=C(/N=C/N(C)C)N(N(C)C)C1=O. The van der Waals surface area contributed by atoms with Crippen LogP contribution in [0.2, 0.25) is 0 Å². The topological polar surface area (TPSA) is 42.4 Å². The van der Waals surface area contributed by atoms with Gasteiger partial charge in [0.15, 0.2) is 5.82 Å². The van der Waals surface area contributed by atoms with Gasteiger partial charge < -0.3 is 4.90 Å². The third kappa shape index (κ3) is 3.36. The third-order valence-corrected chi connectivity index (χ3v) is 2.34. The molecular weight excluding hydrogens is 242 g/mol. The van der Waals surface area contributed by atoms with Crippen molar-refractivity contribution >= 4 is 12.4 Å². The number of carbonyl (C=O) groups is 1. The minimum atomic E-state index is -0.263. The van der Waals surface area contributed by atoms with Crippen LogP contribution in [-0.2, 0) is 0 Å². The summed E-state index contributed by atoms with van der Waals surface area (Å²) in [7, 11) is 7.24. The summed E-state index contributed by atoms with van der Waals surface area (Å²) in [6, 6.07) is -0.263. The molecule has 0 aromatic rings. The minimum absolute atomic E-state index is 0.184. The molecule has 0 saturated heterocycles. The zero-order valence-electron chi connectivity index (χ0n) is 11.8. The monoisotopic (exact) mass is 261 g/mol. The summed E-state index contributed by atoms with van der Waals surface area (Å²) in [4.78, 5) is 19.8. The van der Waals surface area contributed by atoms with E-state index in [4.69, 9.17) is 6.42 Å². The largest absolute Gasteiger partial charge is 0.369 e. The highest BCUT2D eigenvalue weighted by atomic mass is 16.2. The highest BCUT2D eigenvalue weighted by molar-refractivity contribution is 5.81. The van der Waals surface area contributed by atoms with Gasteiger partial charge >= 0.3 is 6.03 Å². The maximum atomic E-state index is 12.3. The fraction of sp³-hybridized carbons (Fsp3) is 0.385. The summed E-state index contributed by atoms with van der Waals surface area (Å²) in [6.45, 7) is 4.02. The Morgan fingerprint density at radius 1 is 1.47 bits per heavy atom. The molecule has 1 rings (SSSR count). The fourth-order valence-corrected chi connectivity index (χ4v) is 1.53. The second-order valence-electron chi connectivity index (χ2n) is 4.43. The molecule has 0 aromatic carbocycles. The average Bonchev–Trinajstić information content (AvgIpc) is 2.30. The summed E-state index contributed by atoms with van der Waals surface area (Å²) in [5.74, 6) is 2.95. The van der Waals surface area contributed by atoms with Gasteiger partial charge in [-0.15, -0.1) is 6.42 Å². The summed E-state index contributed by atoms with van der Waals surface area (Å²) >= 11 is 0. The van der Waals surface area contributed by atoms with Crippen LogP contribution in [0.5, 0.6) is 0 Å². The molecule has 19 heavy (non-hydrogen) atoms. The van der Waals surface area contributed by atoms with Crippen molar-refractivity contribution in [1.29, 1.82) is 0 Å². The van der Waals surface area contributed by atoms with Gasteiger partial charge in [-0.2, -0.15) is 0 Å². The van der Waals surface area contributed by atoms with E-state index in [1.54, 1.807) is 36.4 Å². The number of nitrogens with zero attached hydrogens (tertiary/aromatic N) is 5. The molecule has 0 atom stereocenters. The molecule has 1 aliphatic heterocycles. The Morgan fingerprint density at radius 2 is 2.11 bits per heavy atom. The maximum Gasteiger partial charge on any atom is 0.345 e. The number of allylic oxidation sites excluding steroid dienone is 1. The summed E-state index contributed by atoms with van der Waals surface area (Å²) < 4.78 is 0. The Labute approximate surface area is 114 Å². The molecule has 0 unspecified atom stereocenters. The molecule has 2 amide bonds. The lowest BCUT2D eigenvalue weighted by atomic mass is 10.3. The van der Waals surface area contributed by atoms with Crippen LogP contribution in [-0.4, -0.2) is 66.9 Å². The molecule has 1 aliphatic rings. The Kier molecular flexibility index (Phi) is 4.73. The molecule has 0 bridgehead atoms. The van der Waals surface area contributed by atoms with E-state index in [0.717, 1.165) is 0 Å². The number of urea groups is 1. The Morgan fingerprint density at radius 3 is 2.58 bits per heavy atom. The molecule has 0 aromatic heterocycles. The van der Waals surface area contributed by atoms with Crippen LogP contribution in [0.3, 0.4) is 0 Å². The molecule has 102 valence electrons. The van der Waals surface area contributed by atoms with E-state index in [1.807, 2.05) is 14.1 Å². The van der Waals surface area contributed by atoms with Gasteiger partial charge in [0.25, 0.3) is 0 Å². The lowest BCUT2D eigenvalue weighted by molar-refractivity contribution is 0.0714. The zero-order chi connectivity index (χ0) is 14.6. The van der Waals surface area contributed by atoms with Crippen molar-refractivity contribution in [2.75, 3.05) is 34.7 Å². The first-order valence-electron chi connectivity index (χ1n) is 5.72. The summed E-state index contributed by atoms with van der Waals surface area (Å²) in [5.41, 5.74) is 0.534. The molecule has 0 fully saturated rings. The first kappa shape index (κ1) is 14.8. The van der Waals surface area contributed by atoms with Crippen LogP contribution < -0.4 is 0 Å². The van der Waals surface area contributed by atoms with Crippen molar-refractivity contribution in [1.82, 2.24) is 19.8 Å². The second kappa shape index (κ2) is 6.07. The molecule has 0 N–H and O–H groups in total. The number of carbonyl (C=O) groups excluding carboxylic acids is 1. The standard InChI is InChI=1S/C13H19N5O/c1-7-8-17-11(2)9-12(14-10-15(3)4)18(13(17)19)16(5)6/h1,9-10H,2,8H2,3-6H3/b14-10+. The lowest BCUT2D eigenvalue weighted by Gasteiger charge is -2.37. The van der Waals surface area contributed by atoms with Gasteiger partial charge in [0.2, 0.25) is 0 Å². The number of hydrazine groups is 1. The molecule has 1 heterocycles. The molecular formula is C13H19N5O. The van der Waals surface area contributed by atoms with Crippen LogP contribution in [0, 0.1) is 12.3 Å². The lowest BCUT2D eigenvalue weighted by Crippen LogP contribution is -2.50. The molecule has 0 spiro atoms. The highest BCUT2D eigenvalue weighted by Crippen LogP contribution is 2.22. The molecule has 0 aliphatic carbocycles. The molecule has 0 saturated carbocycles. The average molecular weight is 261 g/mol. The van der Waals surface area contributed by atoms with Crippen molar-refractivity contribution in [2.45, 2.75) is 0 Å². The van der Waals surface area contributed by atoms with Crippen molar-refractivity contribution < 1.29 is 4.79 Å².